The summed E-state index contributed by atoms with van der Waals surface area (Å²) in [4.78, 5) is 1.83. The summed E-state index contributed by atoms with van der Waals surface area (Å²) in [7, 11) is 0. The lowest BCUT2D eigenvalue weighted by molar-refractivity contribution is 0.278. The van der Waals surface area contributed by atoms with Gasteiger partial charge in [-0.15, -0.1) is 0 Å². The van der Waals surface area contributed by atoms with Crippen LogP contribution in [0.5, 0.6) is 0 Å². The summed E-state index contributed by atoms with van der Waals surface area (Å²) in [5.74, 6) is 0. The van der Waals surface area contributed by atoms with E-state index in [-0.39, 0.29) is 6.61 Å². The fourth-order valence-corrected chi connectivity index (χ4v) is 1.21. The Bertz CT molecular complexity index is 188. The maximum atomic E-state index is 8.55. The Labute approximate surface area is 85.4 Å². The highest BCUT2D eigenvalue weighted by molar-refractivity contribution is 4.83. The highest BCUT2D eigenvalue weighted by atomic mass is 16.2. The molecule has 0 heterocycles. The van der Waals surface area contributed by atoms with Gasteiger partial charge in [-0.25, -0.2) is 0 Å². The molecule has 0 rings (SSSR count). The Hall–Kier alpha value is -1.10. The van der Waals surface area contributed by atoms with E-state index in [1.165, 1.54) is 0 Å². The van der Waals surface area contributed by atoms with Crippen molar-refractivity contribution in [2.45, 2.75) is 25.7 Å². The minimum absolute atomic E-state index is 0.250. The summed E-state index contributed by atoms with van der Waals surface area (Å²) >= 11 is 0. The van der Waals surface area contributed by atoms with Gasteiger partial charge in [0.15, 0.2) is 0 Å². The van der Waals surface area contributed by atoms with Gasteiger partial charge in [-0.05, 0) is 12.8 Å². The van der Waals surface area contributed by atoms with E-state index in [1.807, 2.05) is 17.0 Å². The first-order chi connectivity index (χ1) is 6.85. The molecule has 0 fully saturated rings. The van der Waals surface area contributed by atoms with Crippen LogP contribution >= 0.6 is 0 Å². The lowest BCUT2D eigenvalue weighted by Crippen LogP contribution is -2.25. The van der Waals surface area contributed by atoms with E-state index in [0.29, 0.717) is 13.1 Å². The first kappa shape index (κ1) is 12.9. The van der Waals surface area contributed by atoms with E-state index in [0.717, 1.165) is 32.2 Å². The van der Waals surface area contributed by atoms with Gasteiger partial charge in [0.2, 0.25) is 0 Å². The molecule has 14 heavy (non-hydrogen) atoms. The molecule has 4 heteroatoms. The molecule has 0 aliphatic carbocycles. The van der Waals surface area contributed by atoms with Crippen molar-refractivity contribution in [2.24, 2.45) is 0 Å². The van der Waals surface area contributed by atoms with Crippen LogP contribution in [0.4, 0.5) is 0 Å². The Morgan fingerprint density at radius 2 is 1.50 bits per heavy atom. The monoisotopic (exact) mass is 195 g/mol. The summed E-state index contributed by atoms with van der Waals surface area (Å²) in [6, 6.07) is 4.08. The average molecular weight is 195 g/mol. The number of hydrogen-bond acceptors (Lipinski definition) is 4. The fourth-order valence-electron chi connectivity index (χ4n) is 1.21. The standard InChI is InChI=1S/C10H17N3O/c11-5-8-13(9-6-12)7-3-1-2-4-10-14/h14H,1-4,7-10H2. The van der Waals surface area contributed by atoms with Crippen molar-refractivity contribution >= 4 is 0 Å². The van der Waals surface area contributed by atoms with E-state index < -0.39 is 0 Å². The zero-order valence-electron chi connectivity index (χ0n) is 8.45. The quantitative estimate of drug-likeness (QED) is 0.461. The van der Waals surface area contributed by atoms with Crippen LogP contribution in [0.1, 0.15) is 25.7 Å². The van der Waals surface area contributed by atoms with Crippen molar-refractivity contribution in [1.29, 1.82) is 10.5 Å². The summed E-state index contributed by atoms with van der Waals surface area (Å²) < 4.78 is 0. The van der Waals surface area contributed by atoms with Crippen LogP contribution in [0.3, 0.4) is 0 Å². The second-order valence-electron chi connectivity index (χ2n) is 3.16. The third-order valence-electron chi connectivity index (χ3n) is 1.97. The van der Waals surface area contributed by atoms with Crippen LogP contribution < -0.4 is 0 Å². The number of unbranched alkanes of at least 4 members (excludes halogenated alkanes) is 3. The average Bonchev–Trinajstić information content (AvgIpc) is 2.18. The zero-order chi connectivity index (χ0) is 10.6. The van der Waals surface area contributed by atoms with Gasteiger partial charge in [0.25, 0.3) is 0 Å². The number of hydrogen-bond donors (Lipinski definition) is 1. The predicted molar refractivity (Wildman–Crippen MR) is 53.2 cm³/mol. The highest BCUT2D eigenvalue weighted by Gasteiger charge is 2.01. The lowest BCUT2D eigenvalue weighted by atomic mass is 10.2. The van der Waals surface area contributed by atoms with E-state index in [2.05, 4.69) is 0 Å². The number of rotatable bonds is 8. The molecule has 0 bridgehead atoms. The predicted octanol–water partition coefficient (Wildman–Crippen LogP) is 0.888. The molecule has 0 amide bonds. The first-order valence-electron chi connectivity index (χ1n) is 4.92. The Kier molecular flexibility index (Phi) is 9.20. The third kappa shape index (κ3) is 7.54. The Morgan fingerprint density at radius 1 is 0.929 bits per heavy atom. The van der Waals surface area contributed by atoms with Crippen molar-refractivity contribution in [2.75, 3.05) is 26.2 Å². The second-order valence-corrected chi connectivity index (χ2v) is 3.16. The normalized spacial score (nSPS) is 9.71. The minimum Gasteiger partial charge on any atom is -0.396 e. The van der Waals surface area contributed by atoms with Crippen LogP contribution in [0.15, 0.2) is 0 Å². The van der Waals surface area contributed by atoms with Crippen LogP contribution in [0, 0.1) is 22.7 Å². The smallest absolute Gasteiger partial charge is 0.0874 e. The minimum atomic E-state index is 0.250. The highest BCUT2D eigenvalue weighted by Crippen LogP contribution is 2.00. The van der Waals surface area contributed by atoms with E-state index in [9.17, 15) is 0 Å². The maximum absolute atomic E-state index is 8.55. The third-order valence-corrected chi connectivity index (χ3v) is 1.97. The number of aliphatic hydroxyl groups is 1. The Morgan fingerprint density at radius 3 is 2.00 bits per heavy atom. The van der Waals surface area contributed by atoms with Gasteiger partial charge in [0.1, 0.15) is 0 Å². The summed E-state index contributed by atoms with van der Waals surface area (Å²) in [5.41, 5.74) is 0. The van der Waals surface area contributed by atoms with Gasteiger partial charge < -0.3 is 5.11 Å². The van der Waals surface area contributed by atoms with Crippen molar-refractivity contribution in [3.8, 4) is 12.1 Å². The molecular weight excluding hydrogens is 178 g/mol. The summed E-state index contributed by atoms with van der Waals surface area (Å²) in [6.07, 6.45) is 3.90. The molecule has 0 saturated carbocycles. The van der Waals surface area contributed by atoms with Gasteiger partial charge in [-0.2, -0.15) is 10.5 Å². The number of nitrogens with zero attached hydrogens (tertiary/aromatic N) is 3. The molecule has 0 aliphatic rings. The molecule has 4 nitrogen and oxygen atoms in total. The molecule has 0 aromatic heterocycles. The SMILES string of the molecule is N#CCN(CC#N)CCCCCCO. The van der Waals surface area contributed by atoms with Crippen LogP contribution in [0.25, 0.3) is 0 Å². The van der Waals surface area contributed by atoms with E-state index in [4.69, 9.17) is 15.6 Å². The van der Waals surface area contributed by atoms with Crippen LogP contribution in [0.2, 0.25) is 0 Å². The van der Waals surface area contributed by atoms with Crippen molar-refractivity contribution < 1.29 is 5.11 Å². The second kappa shape index (κ2) is 9.98. The number of aliphatic hydroxyl groups excluding tert-OH is 1. The molecule has 0 saturated heterocycles. The van der Waals surface area contributed by atoms with Gasteiger partial charge in [0, 0.05) is 13.2 Å². The number of nitriles is 2. The van der Waals surface area contributed by atoms with Crippen molar-refractivity contribution in [3.05, 3.63) is 0 Å². The Balaban J connectivity index is 3.42. The maximum Gasteiger partial charge on any atom is 0.0874 e. The van der Waals surface area contributed by atoms with Crippen LogP contribution in [-0.2, 0) is 0 Å². The molecule has 0 spiro atoms. The molecule has 1 N–H and O–H groups in total. The molecule has 0 radical (unpaired) electrons. The van der Waals surface area contributed by atoms with Crippen molar-refractivity contribution in [1.82, 2.24) is 4.90 Å². The zero-order valence-corrected chi connectivity index (χ0v) is 8.45. The molecule has 78 valence electrons. The first-order valence-corrected chi connectivity index (χ1v) is 4.92. The molecule has 0 aromatic rings. The molecule has 0 atom stereocenters. The molecular formula is C10H17N3O. The van der Waals surface area contributed by atoms with Gasteiger partial charge in [0.05, 0.1) is 25.2 Å². The van der Waals surface area contributed by atoms with Gasteiger partial charge >= 0.3 is 0 Å². The lowest BCUT2D eigenvalue weighted by Gasteiger charge is -2.14. The van der Waals surface area contributed by atoms with Gasteiger partial charge in [-0.3, -0.25) is 4.90 Å². The topological polar surface area (TPSA) is 71.0 Å². The molecule has 0 aromatic carbocycles. The van der Waals surface area contributed by atoms with Gasteiger partial charge in [-0.1, -0.05) is 12.8 Å². The molecule has 0 aliphatic heterocycles. The fraction of sp³-hybridized carbons (Fsp3) is 0.800. The van der Waals surface area contributed by atoms with E-state index in [1.54, 1.807) is 0 Å². The van der Waals surface area contributed by atoms with E-state index >= 15 is 0 Å². The summed E-state index contributed by atoms with van der Waals surface area (Å²) in [6.45, 7) is 1.70. The van der Waals surface area contributed by atoms with Crippen molar-refractivity contribution in [3.63, 3.8) is 0 Å². The summed E-state index contributed by atoms with van der Waals surface area (Å²) in [5, 5.41) is 25.5. The molecule has 0 unspecified atom stereocenters. The van der Waals surface area contributed by atoms with Crippen LogP contribution in [-0.4, -0.2) is 36.2 Å². The largest absolute Gasteiger partial charge is 0.396 e.